The van der Waals surface area contributed by atoms with E-state index >= 15 is 0 Å². The molecule has 1 aliphatic rings. The van der Waals surface area contributed by atoms with Gasteiger partial charge in [0, 0.05) is 0 Å². The second kappa shape index (κ2) is 4.89. The van der Waals surface area contributed by atoms with Gasteiger partial charge in [-0.15, -0.1) is 0 Å². The SMILES string of the molecule is CC1CCC(C#N)(C(O)c2ccccc2)CC1. The lowest BCUT2D eigenvalue weighted by molar-refractivity contribution is 0.0266. The van der Waals surface area contributed by atoms with E-state index in [0.717, 1.165) is 31.2 Å². The van der Waals surface area contributed by atoms with Gasteiger partial charge in [-0.25, -0.2) is 0 Å². The monoisotopic (exact) mass is 229 g/mol. The van der Waals surface area contributed by atoms with Gasteiger partial charge in [0.2, 0.25) is 0 Å². The minimum Gasteiger partial charge on any atom is -0.387 e. The highest BCUT2D eigenvalue weighted by Crippen LogP contribution is 2.46. The van der Waals surface area contributed by atoms with Crippen molar-refractivity contribution in [3.63, 3.8) is 0 Å². The third-order valence-electron chi connectivity index (χ3n) is 4.03. The second-order valence-electron chi connectivity index (χ2n) is 5.26. The first-order valence-corrected chi connectivity index (χ1v) is 6.32. The van der Waals surface area contributed by atoms with Crippen LogP contribution in [0.2, 0.25) is 0 Å². The molecule has 1 fully saturated rings. The first kappa shape index (κ1) is 12.1. The Morgan fingerprint density at radius 3 is 2.41 bits per heavy atom. The quantitative estimate of drug-likeness (QED) is 0.844. The summed E-state index contributed by atoms with van der Waals surface area (Å²) in [6.07, 6.45) is 3.04. The highest BCUT2D eigenvalue weighted by Gasteiger charge is 2.41. The van der Waals surface area contributed by atoms with E-state index in [1.165, 1.54) is 0 Å². The molecule has 17 heavy (non-hydrogen) atoms. The molecule has 1 aliphatic carbocycles. The van der Waals surface area contributed by atoms with Crippen LogP contribution in [0.3, 0.4) is 0 Å². The zero-order valence-corrected chi connectivity index (χ0v) is 10.3. The zero-order chi connectivity index (χ0) is 12.3. The predicted octanol–water partition coefficient (Wildman–Crippen LogP) is 3.44. The van der Waals surface area contributed by atoms with Gasteiger partial charge in [0.05, 0.1) is 17.6 Å². The van der Waals surface area contributed by atoms with E-state index < -0.39 is 11.5 Å². The maximum absolute atomic E-state index is 10.5. The van der Waals surface area contributed by atoms with E-state index in [0.29, 0.717) is 5.92 Å². The molecule has 0 aliphatic heterocycles. The fourth-order valence-corrected chi connectivity index (χ4v) is 2.68. The van der Waals surface area contributed by atoms with Crippen molar-refractivity contribution in [3.05, 3.63) is 35.9 Å². The largest absolute Gasteiger partial charge is 0.387 e. The van der Waals surface area contributed by atoms with Crippen molar-refractivity contribution in [3.8, 4) is 6.07 Å². The van der Waals surface area contributed by atoms with Gasteiger partial charge >= 0.3 is 0 Å². The fraction of sp³-hybridized carbons (Fsp3) is 0.533. The summed E-state index contributed by atoms with van der Waals surface area (Å²) in [4.78, 5) is 0. The summed E-state index contributed by atoms with van der Waals surface area (Å²) in [5.74, 6) is 0.680. The summed E-state index contributed by atoms with van der Waals surface area (Å²) >= 11 is 0. The van der Waals surface area contributed by atoms with Gasteiger partial charge in [0.15, 0.2) is 0 Å². The second-order valence-corrected chi connectivity index (χ2v) is 5.26. The molecule has 0 radical (unpaired) electrons. The Labute approximate surface area is 103 Å². The Hall–Kier alpha value is -1.33. The molecule has 2 nitrogen and oxygen atoms in total. The van der Waals surface area contributed by atoms with Crippen molar-refractivity contribution in [2.75, 3.05) is 0 Å². The normalized spacial score (nSPS) is 30.5. The molecule has 1 aromatic rings. The van der Waals surface area contributed by atoms with Gasteiger partial charge in [0.1, 0.15) is 0 Å². The van der Waals surface area contributed by atoms with Crippen molar-refractivity contribution >= 4 is 0 Å². The van der Waals surface area contributed by atoms with Crippen LogP contribution in [-0.4, -0.2) is 5.11 Å². The molecule has 90 valence electrons. The number of hydrogen-bond acceptors (Lipinski definition) is 2. The number of aliphatic hydroxyl groups excluding tert-OH is 1. The summed E-state index contributed by atoms with van der Waals surface area (Å²) in [6, 6.07) is 11.9. The third kappa shape index (κ3) is 2.35. The Kier molecular flexibility index (Phi) is 3.49. The third-order valence-corrected chi connectivity index (χ3v) is 4.03. The van der Waals surface area contributed by atoms with E-state index in [2.05, 4.69) is 13.0 Å². The number of hydrogen-bond donors (Lipinski definition) is 1. The van der Waals surface area contributed by atoms with Crippen LogP contribution in [0, 0.1) is 22.7 Å². The van der Waals surface area contributed by atoms with Crippen LogP contribution in [0.15, 0.2) is 30.3 Å². The molecule has 2 heteroatoms. The summed E-state index contributed by atoms with van der Waals surface area (Å²) < 4.78 is 0. The minimum absolute atomic E-state index is 0.576. The van der Waals surface area contributed by atoms with Crippen LogP contribution in [0.5, 0.6) is 0 Å². The van der Waals surface area contributed by atoms with Crippen molar-refractivity contribution in [1.82, 2.24) is 0 Å². The standard InChI is InChI=1S/C15H19NO/c1-12-7-9-15(11-16,10-8-12)14(17)13-5-3-2-4-6-13/h2-6,12,14,17H,7-10H2,1H3. The lowest BCUT2D eigenvalue weighted by Gasteiger charge is -2.37. The van der Waals surface area contributed by atoms with E-state index in [-0.39, 0.29) is 0 Å². The molecule has 1 N–H and O–H groups in total. The van der Waals surface area contributed by atoms with E-state index in [1.54, 1.807) is 0 Å². The number of nitrogens with zero attached hydrogens (tertiary/aromatic N) is 1. The summed E-state index contributed by atoms with van der Waals surface area (Å²) in [6.45, 7) is 2.22. The highest BCUT2D eigenvalue weighted by atomic mass is 16.3. The number of rotatable bonds is 2. The highest BCUT2D eigenvalue weighted by molar-refractivity contribution is 5.23. The van der Waals surface area contributed by atoms with Crippen LogP contribution in [0.25, 0.3) is 0 Å². The first-order chi connectivity index (χ1) is 8.18. The molecule has 0 aromatic heterocycles. The van der Waals surface area contributed by atoms with Crippen LogP contribution in [-0.2, 0) is 0 Å². The van der Waals surface area contributed by atoms with Crippen LogP contribution >= 0.6 is 0 Å². The maximum Gasteiger partial charge on any atom is 0.0976 e. The Balaban J connectivity index is 2.22. The molecular weight excluding hydrogens is 210 g/mol. The molecule has 1 atom stereocenters. The zero-order valence-electron chi connectivity index (χ0n) is 10.3. The molecule has 0 amide bonds. The van der Waals surface area contributed by atoms with Crippen LogP contribution < -0.4 is 0 Å². The lowest BCUT2D eigenvalue weighted by Crippen LogP contribution is -2.32. The van der Waals surface area contributed by atoms with Gasteiger partial charge < -0.3 is 5.11 Å². The van der Waals surface area contributed by atoms with E-state index in [9.17, 15) is 10.4 Å². The number of aliphatic hydroxyl groups is 1. The fourth-order valence-electron chi connectivity index (χ4n) is 2.68. The van der Waals surface area contributed by atoms with Crippen molar-refractivity contribution in [2.24, 2.45) is 11.3 Å². The van der Waals surface area contributed by atoms with E-state index in [1.807, 2.05) is 30.3 Å². The molecular formula is C15H19NO. The number of nitriles is 1. The summed E-state index contributed by atoms with van der Waals surface area (Å²) in [5, 5.41) is 19.9. The Morgan fingerprint density at radius 1 is 1.29 bits per heavy atom. The predicted molar refractivity (Wildman–Crippen MR) is 67.1 cm³/mol. The molecule has 0 heterocycles. The molecule has 0 spiro atoms. The van der Waals surface area contributed by atoms with Crippen LogP contribution in [0.1, 0.15) is 44.3 Å². The molecule has 1 saturated carbocycles. The summed E-state index contributed by atoms with van der Waals surface area (Å²) in [7, 11) is 0. The van der Waals surface area contributed by atoms with Gasteiger partial charge in [-0.3, -0.25) is 0 Å². The van der Waals surface area contributed by atoms with Gasteiger partial charge in [-0.2, -0.15) is 5.26 Å². The average Bonchev–Trinajstić information content (AvgIpc) is 2.40. The lowest BCUT2D eigenvalue weighted by atomic mass is 9.67. The van der Waals surface area contributed by atoms with Gasteiger partial charge in [-0.1, -0.05) is 37.3 Å². The molecule has 1 aromatic carbocycles. The van der Waals surface area contributed by atoms with Gasteiger partial charge in [-0.05, 0) is 37.2 Å². The smallest absolute Gasteiger partial charge is 0.0976 e. The molecule has 0 bridgehead atoms. The Bertz CT molecular complexity index is 399. The average molecular weight is 229 g/mol. The minimum atomic E-state index is -0.652. The van der Waals surface area contributed by atoms with Crippen molar-refractivity contribution in [1.29, 1.82) is 5.26 Å². The first-order valence-electron chi connectivity index (χ1n) is 6.32. The van der Waals surface area contributed by atoms with E-state index in [4.69, 9.17) is 0 Å². The molecule has 0 saturated heterocycles. The van der Waals surface area contributed by atoms with Crippen molar-refractivity contribution in [2.45, 2.75) is 38.7 Å². The van der Waals surface area contributed by atoms with Crippen molar-refractivity contribution < 1.29 is 5.11 Å². The number of benzene rings is 1. The molecule has 2 rings (SSSR count). The Morgan fingerprint density at radius 2 is 1.88 bits per heavy atom. The molecule has 1 unspecified atom stereocenters. The van der Waals surface area contributed by atoms with Crippen LogP contribution in [0.4, 0.5) is 0 Å². The topological polar surface area (TPSA) is 44.0 Å². The van der Waals surface area contributed by atoms with Gasteiger partial charge in [0.25, 0.3) is 0 Å². The maximum atomic E-state index is 10.5. The summed E-state index contributed by atoms with van der Waals surface area (Å²) in [5.41, 5.74) is 0.289.